The molecule has 1 atom stereocenters. The van der Waals surface area contributed by atoms with Crippen molar-refractivity contribution in [2.45, 2.75) is 32.0 Å². The Morgan fingerprint density at radius 3 is 2.48 bits per heavy atom. The molecule has 0 saturated carbocycles. The number of para-hydroxylation sites is 1. The van der Waals surface area contributed by atoms with Crippen molar-refractivity contribution in [1.29, 1.82) is 5.26 Å². The molecule has 2 aromatic carbocycles. The maximum absolute atomic E-state index is 15.5. The van der Waals surface area contributed by atoms with Gasteiger partial charge in [0.25, 0.3) is 5.91 Å². The van der Waals surface area contributed by atoms with Crippen LogP contribution in [0.1, 0.15) is 25.8 Å². The number of nitrogens with zero attached hydrogens (tertiary/aromatic N) is 6. The number of carbonyl (C=O) groups excluding carboxylic acids is 1. The number of aromatic nitrogens is 4. The Bertz CT molecular complexity index is 1900. The number of nitrogens with two attached hydrogens (primary N) is 1. The zero-order valence-electron chi connectivity index (χ0n) is 25.4. The molecular weight excluding hydrogens is 638 g/mol. The van der Waals surface area contributed by atoms with Gasteiger partial charge in [0.2, 0.25) is 0 Å². The van der Waals surface area contributed by atoms with Crippen LogP contribution in [0.25, 0.3) is 22.3 Å². The number of carboxylic acid groups (broad SMARTS) is 1. The molecule has 0 spiro atoms. The number of anilines is 1. The number of nitriles is 1. The van der Waals surface area contributed by atoms with Crippen molar-refractivity contribution in [1.82, 2.24) is 24.6 Å². The Morgan fingerprint density at radius 1 is 1.17 bits per heavy atom. The number of hydrogen-bond donors (Lipinski definition) is 2. The third-order valence-corrected chi connectivity index (χ3v) is 7.67. The SMILES string of the molecule is CC1(C=C(C#N)C(=O)N2CCC[C@@H](n3nc(-c4ccc(Oc5ccccc5)cc4F)c4c(N)ncnc43)C2)COC1.O=C(O)C(F)(F)F. The summed E-state index contributed by atoms with van der Waals surface area (Å²) in [7, 11) is 0. The average molecular weight is 668 g/mol. The van der Waals surface area contributed by atoms with Gasteiger partial charge in [-0.25, -0.2) is 23.8 Å². The molecule has 2 aliphatic rings. The number of piperidine rings is 1. The Morgan fingerprint density at radius 2 is 1.88 bits per heavy atom. The van der Waals surface area contributed by atoms with Gasteiger partial charge < -0.3 is 25.2 Å². The molecule has 16 heteroatoms. The summed E-state index contributed by atoms with van der Waals surface area (Å²) in [6, 6.07) is 15.5. The Hall–Kier alpha value is -5.56. The predicted molar refractivity (Wildman–Crippen MR) is 163 cm³/mol. The number of carboxylic acids is 1. The minimum absolute atomic E-state index is 0.105. The highest BCUT2D eigenvalue weighted by atomic mass is 19.4. The molecule has 2 fully saturated rings. The van der Waals surface area contributed by atoms with E-state index in [0.29, 0.717) is 67.4 Å². The highest BCUT2D eigenvalue weighted by Crippen LogP contribution is 2.37. The number of amides is 1. The van der Waals surface area contributed by atoms with Crippen molar-refractivity contribution >= 4 is 28.7 Å². The number of alkyl halides is 3. The molecule has 12 nitrogen and oxygen atoms in total. The number of aliphatic carboxylic acids is 1. The molecule has 48 heavy (non-hydrogen) atoms. The van der Waals surface area contributed by atoms with Crippen LogP contribution in [0, 0.1) is 22.6 Å². The highest BCUT2D eigenvalue weighted by molar-refractivity contribution is 5.99. The lowest BCUT2D eigenvalue weighted by Gasteiger charge is -2.36. The van der Waals surface area contributed by atoms with Gasteiger partial charge in [0.1, 0.15) is 46.8 Å². The molecule has 2 saturated heterocycles. The number of rotatable bonds is 6. The molecule has 0 aliphatic carbocycles. The summed E-state index contributed by atoms with van der Waals surface area (Å²) >= 11 is 0. The molecule has 0 bridgehead atoms. The molecule has 4 heterocycles. The molecule has 4 aromatic rings. The second-order valence-electron chi connectivity index (χ2n) is 11.5. The zero-order valence-corrected chi connectivity index (χ0v) is 25.4. The van der Waals surface area contributed by atoms with E-state index in [1.165, 1.54) is 12.4 Å². The van der Waals surface area contributed by atoms with Gasteiger partial charge in [0, 0.05) is 30.1 Å². The van der Waals surface area contributed by atoms with Crippen LogP contribution >= 0.6 is 0 Å². The van der Waals surface area contributed by atoms with Gasteiger partial charge >= 0.3 is 12.1 Å². The summed E-state index contributed by atoms with van der Waals surface area (Å²) in [4.78, 5) is 32.5. The topological polar surface area (TPSA) is 169 Å². The molecule has 6 rings (SSSR count). The summed E-state index contributed by atoms with van der Waals surface area (Å²) in [6.07, 6.45) is -0.609. The van der Waals surface area contributed by atoms with Gasteiger partial charge in [-0.15, -0.1) is 0 Å². The van der Waals surface area contributed by atoms with Crippen LogP contribution in [0.5, 0.6) is 11.5 Å². The second kappa shape index (κ2) is 13.7. The third-order valence-electron chi connectivity index (χ3n) is 7.67. The quantitative estimate of drug-likeness (QED) is 0.157. The van der Waals surface area contributed by atoms with Crippen LogP contribution < -0.4 is 10.5 Å². The number of fused-ring (bicyclic) bond motifs is 1. The maximum atomic E-state index is 15.5. The normalized spacial score (nSPS) is 17.5. The highest BCUT2D eigenvalue weighted by Gasteiger charge is 2.38. The summed E-state index contributed by atoms with van der Waals surface area (Å²) in [5, 5.41) is 22.1. The third kappa shape index (κ3) is 7.36. The lowest BCUT2D eigenvalue weighted by atomic mass is 9.86. The first kappa shape index (κ1) is 33.8. The van der Waals surface area contributed by atoms with Gasteiger partial charge in [-0.1, -0.05) is 31.2 Å². The van der Waals surface area contributed by atoms with Gasteiger partial charge in [0.05, 0.1) is 24.6 Å². The van der Waals surface area contributed by atoms with Crippen LogP contribution in [-0.4, -0.2) is 74.1 Å². The van der Waals surface area contributed by atoms with E-state index >= 15 is 4.39 Å². The largest absolute Gasteiger partial charge is 0.490 e. The lowest BCUT2D eigenvalue weighted by Crippen LogP contribution is -2.43. The first-order valence-electron chi connectivity index (χ1n) is 14.6. The van der Waals surface area contributed by atoms with Crippen molar-refractivity contribution < 1.29 is 41.7 Å². The summed E-state index contributed by atoms with van der Waals surface area (Å²) in [5.41, 5.74) is 7.03. The van der Waals surface area contributed by atoms with E-state index in [2.05, 4.69) is 16.0 Å². The Kier molecular flexibility index (Phi) is 9.62. The fraction of sp³-hybridized carbons (Fsp3) is 0.312. The summed E-state index contributed by atoms with van der Waals surface area (Å²) in [6.45, 7) is 3.75. The Labute approximate surface area is 271 Å². The first-order chi connectivity index (χ1) is 22.8. The maximum Gasteiger partial charge on any atom is 0.490 e. The molecule has 0 unspecified atom stereocenters. The summed E-state index contributed by atoms with van der Waals surface area (Å²) < 4.78 is 60.0. The Balaban J connectivity index is 0.000000582. The van der Waals surface area contributed by atoms with Crippen molar-refractivity contribution in [3.05, 3.63) is 72.3 Å². The van der Waals surface area contributed by atoms with E-state index in [1.807, 2.05) is 25.1 Å². The number of hydrogen-bond acceptors (Lipinski definition) is 9. The van der Waals surface area contributed by atoms with Crippen molar-refractivity contribution in [3.63, 3.8) is 0 Å². The van der Waals surface area contributed by atoms with E-state index < -0.39 is 18.0 Å². The van der Waals surface area contributed by atoms with E-state index in [4.69, 9.17) is 30.2 Å². The molecular formula is C32H29F4N7O5. The number of halogens is 4. The number of benzene rings is 2. The number of likely N-dealkylation sites (tertiary alicyclic amines) is 1. The average Bonchev–Trinajstić information content (AvgIpc) is 3.43. The van der Waals surface area contributed by atoms with E-state index in [0.717, 1.165) is 0 Å². The first-order valence-corrected chi connectivity index (χ1v) is 14.6. The minimum atomic E-state index is -5.08. The van der Waals surface area contributed by atoms with Crippen LogP contribution in [0.2, 0.25) is 0 Å². The van der Waals surface area contributed by atoms with E-state index in [-0.39, 0.29) is 34.3 Å². The molecule has 250 valence electrons. The van der Waals surface area contributed by atoms with Gasteiger partial charge in [-0.2, -0.15) is 23.5 Å². The number of carbonyl (C=O) groups is 2. The molecule has 2 aliphatic heterocycles. The van der Waals surface area contributed by atoms with E-state index in [9.17, 15) is 23.2 Å². The van der Waals surface area contributed by atoms with E-state index in [1.54, 1.807) is 39.9 Å². The van der Waals surface area contributed by atoms with Crippen LogP contribution in [0.3, 0.4) is 0 Å². The van der Waals surface area contributed by atoms with Crippen LogP contribution in [-0.2, 0) is 14.3 Å². The van der Waals surface area contributed by atoms with Crippen LogP contribution in [0.15, 0.2) is 66.5 Å². The van der Waals surface area contributed by atoms with Gasteiger partial charge in [0.15, 0.2) is 5.65 Å². The summed E-state index contributed by atoms with van der Waals surface area (Å²) in [5.74, 6) is -2.51. The molecule has 1 amide bonds. The fourth-order valence-corrected chi connectivity index (χ4v) is 5.32. The molecule has 0 radical (unpaired) electrons. The van der Waals surface area contributed by atoms with Gasteiger partial charge in [-0.05, 0) is 37.1 Å². The van der Waals surface area contributed by atoms with Crippen molar-refractivity contribution in [2.24, 2.45) is 5.41 Å². The smallest absolute Gasteiger partial charge is 0.475 e. The second-order valence-corrected chi connectivity index (χ2v) is 11.5. The van der Waals surface area contributed by atoms with Crippen molar-refractivity contribution in [2.75, 3.05) is 32.0 Å². The zero-order chi connectivity index (χ0) is 34.6. The lowest BCUT2D eigenvalue weighted by molar-refractivity contribution is -0.192. The minimum Gasteiger partial charge on any atom is -0.475 e. The standard InChI is InChI=1S/C30H28FN7O3.C2HF3O2/c1-30(16-40-17-30)13-19(14-32)29(39)37-11-5-6-20(15-37)38-28-25(27(33)34-18-35-28)26(36-38)23-10-9-22(12-24(23)31)41-21-7-3-2-4-8-21;3-2(4,5)1(6)7/h2-4,7-10,12-13,18,20H,5-6,11,15-17H2,1H3,(H2,33,34,35);(H,6,7)/t20-;/m1./s1. The predicted octanol–water partition coefficient (Wildman–Crippen LogP) is 5.29. The molecule has 2 aromatic heterocycles. The molecule has 3 N–H and O–H groups in total. The van der Waals surface area contributed by atoms with Gasteiger partial charge in [-0.3, -0.25) is 4.79 Å². The number of nitrogen functional groups attached to an aromatic ring is 1. The van der Waals surface area contributed by atoms with Crippen molar-refractivity contribution in [3.8, 4) is 28.8 Å². The monoisotopic (exact) mass is 667 g/mol. The number of ether oxygens (including phenoxy) is 2. The fourth-order valence-electron chi connectivity index (χ4n) is 5.32. The van der Waals surface area contributed by atoms with Crippen LogP contribution in [0.4, 0.5) is 23.4 Å².